The van der Waals surface area contributed by atoms with Crippen molar-refractivity contribution in [3.05, 3.63) is 50.1 Å². The summed E-state index contributed by atoms with van der Waals surface area (Å²) in [5, 5.41) is 0. The van der Waals surface area contributed by atoms with Gasteiger partial charge in [0.2, 0.25) is 0 Å². The van der Waals surface area contributed by atoms with Crippen LogP contribution in [0.25, 0.3) is 0 Å². The molecule has 1 fully saturated rings. The lowest BCUT2D eigenvalue weighted by Crippen LogP contribution is -2.29. The summed E-state index contributed by atoms with van der Waals surface area (Å²) in [5.74, 6) is 0.763. The lowest BCUT2D eigenvalue weighted by atomic mass is 10.2. The summed E-state index contributed by atoms with van der Waals surface area (Å²) in [6.07, 6.45) is 3.76. The second-order valence-corrected chi connectivity index (χ2v) is 6.05. The summed E-state index contributed by atoms with van der Waals surface area (Å²) in [6.45, 7) is 0.724. The van der Waals surface area contributed by atoms with Gasteiger partial charge in [0.15, 0.2) is 0 Å². The molecular weight excluding hydrogens is 367 g/mol. The molecular formula is C14H15IN4O. The van der Waals surface area contributed by atoms with E-state index in [1.807, 2.05) is 24.3 Å². The minimum absolute atomic E-state index is 0.0891. The zero-order valence-electron chi connectivity index (χ0n) is 10.8. The van der Waals surface area contributed by atoms with E-state index in [1.54, 1.807) is 0 Å². The molecule has 104 valence electrons. The first-order valence-electron chi connectivity index (χ1n) is 6.49. The number of nitrogens with two attached hydrogens (primary N) is 1. The highest BCUT2D eigenvalue weighted by Crippen LogP contribution is 2.33. The highest BCUT2D eigenvalue weighted by molar-refractivity contribution is 14.1. The first-order chi connectivity index (χ1) is 9.65. The summed E-state index contributed by atoms with van der Waals surface area (Å²) in [6, 6.07) is 8.31. The van der Waals surface area contributed by atoms with E-state index in [4.69, 9.17) is 5.73 Å². The number of hydrogen-bond donors (Lipinski definition) is 2. The molecule has 0 bridgehead atoms. The highest BCUT2D eigenvalue weighted by Gasteiger charge is 2.31. The lowest BCUT2D eigenvalue weighted by molar-refractivity contribution is 0.770. The van der Waals surface area contributed by atoms with Crippen LogP contribution in [0.1, 0.15) is 18.4 Å². The first kappa shape index (κ1) is 13.4. The van der Waals surface area contributed by atoms with Crippen molar-refractivity contribution in [3.63, 3.8) is 0 Å². The highest BCUT2D eigenvalue weighted by atomic mass is 127. The topological polar surface area (TPSA) is 75.0 Å². The Labute approximate surface area is 130 Å². The van der Waals surface area contributed by atoms with Crippen molar-refractivity contribution < 1.29 is 0 Å². The number of anilines is 2. The summed E-state index contributed by atoms with van der Waals surface area (Å²) < 4.78 is 0.640. The normalized spacial score (nSPS) is 14.2. The van der Waals surface area contributed by atoms with Gasteiger partial charge in [-0.1, -0.05) is 12.1 Å². The fourth-order valence-corrected chi connectivity index (χ4v) is 2.83. The van der Waals surface area contributed by atoms with Gasteiger partial charge in [-0.15, -0.1) is 0 Å². The fraction of sp³-hybridized carbons (Fsp3) is 0.286. The second-order valence-electron chi connectivity index (χ2n) is 4.97. The van der Waals surface area contributed by atoms with Gasteiger partial charge in [-0.05, 0) is 53.1 Å². The van der Waals surface area contributed by atoms with Crippen LogP contribution < -0.4 is 16.2 Å². The smallest absolute Gasteiger partial charge is 0.266 e. The second kappa shape index (κ2) is 5.43. The number of nitrogens with one attached hydrogen (secondary N) is 1. The molecule has 0 spiro atoms. The number of nitrogen functional groups attached to an aromatic ring is 1. The molecule has 2 aromatic rings. The van der Waals surface area contributed by atoms with Gasteiger partial charge >= 0.3 is 0 Å². The number of nitrogens with zero attached hydrogens (tertiary/aromatic N) is 2. The summed E-state index contributed by atoms with van der Waals surface area (Å²) >= 11 is 2.06. The van der Waals surface area contributed by atoms with Gasteiger partial charge in [0.25, 0.3) is 5.56 Å². The molecule has 1 aromatic carbocycles. The minimum Gasteiger partial charge on any atom is -0.399 e. The van der Waals surface area contributed by atoms with Gasteiger partial charge in [-0.3, -0.25) is 4.79 Å². The van der Waals surface area contributed by atoms with Crippen molar-refractivity contribution in [1.29, 1.82) is 0 Å². The third-order valence-corrected chi connectivity index (χ3v) is 4.31. The molecule has 1 heterocycles. The van der Waals surface area contributed by atoms with E-state index in [1.165, 1.54) is 6.33 Å². The van der Waals surface area contributed by atoms with Gasteiger partial charge in [0.1, 0.15) is 9.39 Å². The Bertz CT molecular complexity index is 681. The van der Waals surface area contributed by atoms with E-state index in [0.29, 0.717) is 9.61 Å². The summed E-state index contributed by atoms with van der Waals surface area (Å²) in [4.78, 5) is 20.9. The van der Waals surface area contributed by atoms with Crippen molar-refractivity contribution in [2.24, 2.45) is 0 Å². The Balaban J connectivity index is 1.94. The van der Waals surface area contributed by atoms with Crippen LogP contribution in [0.15, 0.2) is 35.4 Å². The predicted molar refractivity (Wildman–Crippen MR) is 87.6 cm³/mol. The van der Waals surface area contributed by atoms with Crippen LogP contribution in [0.5, 0.6) is 0 Å². The largest absolute Gasteiger partial charge is 0.399 e. The Morgan fingerprint density at radius 3 is 2.95 bits per heavy atom. The maximum atomic E-state index is 11.7. The average molecular weight is 382 g/mol. The van der Waals surface area contributed by atoms with E-state index in [0.717, 1.165) is 36.5 Å². The Morgan fingerprint density at radius 2 is 2.25 bits per heavy atom. The predicted octanol–water partition coefficient (Wildman–Crippen LogP) is 2.13. The number of aromatic amines is 1. The SMILES string of the molecule is Nc1cccc(CN(c2nc[nH]c(=O)c2I)C2CC2)c1. The Kier molecular flexibility index (Phi) is 3.64. The summed E-state index contributed by atoms with van der Waals surface area (Å²) in [7, 11) is 0. The Morgan fingerprint density at radius 1 is 1.45 bits per heavy atom. The van der Waals surface area contributed by atoms with Crippen molar-refractivity contribution in [3.8, 4) is 0 Å². The zero-order valence-corrected chi connectivity index (χ0v) is 13.0. The maximum Gasteiger partial charge on any atom is 0.266 e. The van der Waals surface area contributed by atoms with E-state index < -0.39 is 0 Å². The maximum absolute atomic E-state index is 11.7. The molecule has 3 rings (SSSR count). The average Bonchev–Trinajstić information content (AvgIpc) is 3.24. The number of H-pyrrole nitrogens is 1. The third kappa shape index (κ3) is 2.79. The minimum atomic E-state index is -0.0891. The zero-order chi connectivity index (χ0) is 14.1. The molecule has 0 atom stereocenters. The lowest BCUT2D eigenvalue weighted by Gasteiger charge is -2.24. The molecule has 20 heavy (non-hydrogen) atoms. The van der Waals surface area contributed by atoms with Gasteiger partial charge in [0.05, 0.1) is 6.33 Å². The molecule has 5 nitrogen and oxygen atoms in total. The van der Waals surface area contributed by atoms with Crippen molar-refractivity contribution in [2.75, 3.05) is 10.6 Å². The number of rotatable bonds is 4. The van der Waals surface area contributed by atoms with Crippen LogP contribution in [0, 0.1) is 3.57 Å². The van der Waals surface area contributed by atoms with Gasteiger partial charge in [0, 0.05) is 18.3 Å². The van der Waals surface area contributed by atoms with Crippen LogP contribution in [-0.4, -0.2) is 16.0 Å². The van der Waals surface area contributed by atoms with Crippen molar-refractivity contribution in [1.82, 2.24) is 9.97 Å². The van der Waals surface area contributed by atoms with E-state index in [2.05, 4.69) is 37.5 Å². The van der Waals surface area contributed by atoms with Crippen molar-refractivity contribution in [2.45, 2.75) is 25.4 Å². The van der Waals surface area contributed by atoms with Crippen LogP contribution in [0.3, 0.4) is 0 Å². The third-order valence-electron chi connectivity index (χ3n) is 3.34. The van der Waals surface area contributed by atoms with Crippen molar-refractivity contribution >= 4 is 34.1 Å². The molecule has 0 saturated heterocycles. The van der Waals surface area contributed by atoms with Gasteiger partial charge in [-0.2, -0.15) is 0 Å². The fourth-order valence-electron chi connectivity index (χ4n) is 2.23. The number of benzene rings is 1. The molecule has 1 aliphatic carbocycles. The summed E-state index contributed by atoms with van der Waals surface area (Å²) in [5.41, 5.74) is 7.63. The van der Waals surface area contributed by atoms with E-state index >= 15 is 0 Å². The molecule has 1 aromatic heterocycles. The van der Waals surface area contributed by atoms with Crippen LogP contribution in [0.2, 0.25) is 0 Å². The molecule has 0 radical (unpaired) electrons. The van der Waals surface area contributed by atoms with Crippen LogP contribution in [0.4, 0.5) is 11.5 Å². The molecule has 0 amide bonds. The molecule has 1 saturated carbocycles. The van der Waals surface area contributed by atoms with Gasteiger partial charge < -0.3 is 15.6 Å². The van der Waals surface area contributed by atoms with Crippen LogP contribution >= 0.6 is 22.6 Å². The van der Waals surface area contributed by atoms with E-state index in [-0.39, 0.29) is 5.56 Å². The molecule has 0 aliphatic heterocycles. The standard InChI is InChI=1S/C14H15IN4O/c15-12-13(17-8-18-14(12)20)19(11-4-5-11)7-9-2-1-3-10(16)6-9/h1-3,6,8,11H,4-5,7,16H2,(H,17,18,20). The number of aromatic nitrogens is 2. The Hall–Kier alpha value is -1.57. The number of hydrogen-bond acceptors (Lipinski definition) is 4. The van der Waals surface area contributed by atoms with Gasteiger partial charge in [-0.25, -0.2) is 4.98 Å². The molecule has 1 aliphatic rings. The van der Waals surface area contributed by atoms with Crippen LogP contribution in [-0.2, 0) is 6.54 Å². The quantitative estimate of drug-likeness (QED) is 0.628. The number of halogens is 1. The molecule has 3 N–H and O–H groups in total. The van der Waals surface area contributed by atoms with E-state index in [9.17, 15) is 4.79 Å². The molecule has 0 unspecified atom stereocenters. The molecule has 6 heteroatoms. The monoisotopic (exact) mass is 382 g/mol. The first-order valence-corrected chi connectivity index (χ1v) is 7.57.